The first-order valence-corrected chi connectivity index (χ1v) is 4.95. The van der Waals surface area contributed by atoms with Gasteiger partial charge >= 0.3 is 5.97 Å². The van der Waals surface area contributed by atoms with Crippen LogP contribution in [-0.4, -0.2) is 11.1 Å². The second kappa shape index (κ2) is 4.91. The van der Waals surface area contributed by atoms with Crippen molar-refractivity contribution < 1.29 is 14.3 Å². The first kappa shape index (κ1) is 11.7. The van der Waals surface area contributed by atoms with E-state index in [2.05, 4.69) is 0 Å². The molecule has 0 saturated heterocycles. The Morgan fingerprint density at radius 1 is 1.47 bits per heavy atom. The van der Waals surface area contributed by atoms with E-state index in [-0.39, 0.29) is 12.3 Å². The molecule has 0 aliphatic heterocycles. The Hall–Kier alpha value is -1.38. The molecular weight excluding hydrogens is 195 g/mol. The van der Waals surface area contributed by atoms with Gasteiger partial charge in [-0.3, -0.25) is 4.79 Å². The predicted molar refractivity (Wildman–Crippen MR) is 56.5 cm³/mol. The van der Waals surface area contributed by atoms with Gasteiger partial charge in [-0.05, 0) is 17.0 Å². The second-order valence-electron chi connectivity index (χ2n) is 3.96. The number of carbonyl (C=O) groups is 1. The van der Waals surface area contributed by atoms with E-state index >= 15 is 0 Å². The molecule has 1 aromatic carbocycles. The van der Waals surface area contributed by atoms with Crippen LogP contribution in [0.3, 0.4) is 0 Å². The molecule has 1 rings (SSSR count). The Kier molecular flexibility index (Phi) is 3.83. The summed E-state index contributed by atoms with van der Waals surface area (Å²) < 4.78 is 13.6. The third-order valence-corrected chi connectivity index (χ3v) is 2.21. The number of benzene rings is 1. The van der Waals surface area contributed by atoms with Crippen molar-refractivity contribution in [2.75, 3.05) is 0 Å². The van der Waals surface area contributed by atoms with Crippen molar-refractivity contribution in [2.24, 2.45) is 5.92 Å². The van der Waals surface area contributed by atoms with Crippen LogP contribution in [0.4, 0.5) is 4.39 Å². The zero-order chi connectivity index (χ0) is 11.4. The third-order valence-electron chi connectivity index (χ3n) is 2.21. The minimum Gasteiger partial charge on any atom is -0.481 e. The second-order valence-corrected chi connectivity index (χ2v) is 3.96. The first-order valence-electron chi connectivity index (χ1n) is 4.95. The fourth-order valence-corrected chi connectivity index (χ4v) is 1.43. The number of hydrogen-bond acceptors (Lipinski definition) is 1. The number of carboxylic acids is 1. The highest BCUT2D eigenvalue weighted by Gasteiger charge is 2.14. The SMILES string of the molecule is CC(C)C(F)c1cccc(CC(=O)O)c1. The summed E-state index contributed by atoms with van der Waals surface area (Å²) in [5.41, 5.74) is 1.20. The van der Waals surface area contributed by atoms with Crippen molar-refractivity contribution in [1.82, 2.24) is 0 Å². The molecule has 0 aliphatic rings. The van der Waals surface area contributed by atoms with E-state index in [0.29, 0.717) is 11.1 Å². The van der Waals surface area contributed by atoms with Crippen LogP contribution < -0.4 is 0 Å². The molecule has 0 aliphatic carbocycles. The van der Waals surface area contributed by atoms with Crippen molar-refractivity contribution >= 4 is 5.97 Å². The van der Waals surface area contributed by atoms with Gasteiger partial charge in [-0.15, -0.1) is 0 Å². The highest BCUT2D eigenvalue weighted by atomic mass is 19.1. The average Bonchev–Trinajstić information content (AvgIpc) is 2.16. The van der Waals surface area contributed by atoms with E-state index < -0.39 is 12.1 Å². The summed E-state index contributed by atoms with van der Waals surface area (Å²) >= 11 is 0. The molecule has 1 atom stereocenters. The Morgan fingerprint density at radius 2 is 2.13 bits per heavy atom. The monoisotopic (exact) mass is 210 g/mol. The molecule has 0 amide bonds. The Balaban J connectivity index is 2.87. The molecule has 1 unspecified atom stereocenters. The molecule has 0 radical (unpaired) electrons. The van der Waals surface area contributed by atoms with E-state index in [0.717, 1.165) is 0 Å². The van der Waals surface area contributed by atoms with Gasteiger partial charge in [0.15, 0.2) is 0 Å². The number of rotatable bonds is 4. The van der Waals surface area contributed by atoms with Gasteiger partial charge in [0.2, 0.25) is 0 Å². The Labute approximate surface area is 88.7 Å². The number of carboxylic acid groups (broad SMARTS) is 1. The van der Waals surface area contributed by atoms with Gasteiger partial charge in [-0.1, -0.05) is 38.1 Å². The van der Waals surface area contributed by atoms with Gasteiger partial charge in [-0.2, -0.15) is 0 Å². The van der Waals surface area contributed by atoms with E-state index in [9.17, 15) is 9.18 Å². The molecule has 0 bridgehead atoms. The van der Waals surface area contributed by atoms with Crippen molar-refractivity contribution in [2.45, 2.75) is 26.4 Å². The van der Waals surface area contributed by atoms with Crippen LogP contribution in [0.2, 0.25) is 0 Å². The molecule has 0 fully saturated rings. The van der Waals surface area contributed by atoms with Gasteiger partial charge in [0.25, 0.3) is 0 Å². The van der Waals surface area contributed by atoms with Crippen LogP contribution in [0, 0.1) is 5.92 Å². The average molecular weight is 210 g/mol. The topological polar surface area (TPSA) is 37.3 Å². The molecule has 1 aromatic rings. The lowest BCUT2D eigenvalue weighted by Gasteiger charge is -2.12. The highest BCUT2D eigenvalue weighted by molar-refractivity contribution is 5.70. The summed E-state index contributed by atoms with van der Waals surface area (Å²) in [5.74, 6) is -0.989. The van der Waals surface area contributed by atoms with Gasteiger partial charge in [0.1, 0.15) is 6.17 Å². The van der Waals surface area contributed by atoms with Gasteiger partial charge < -0.3 is 5.11 Å². The third kappa shape index (κ3) is 3.35. The normalized spacial score (nSPS) is 12.8. The number of aliphatic carboxylic acids is 1. The lowest BCUT2D eigenvalue weighted by molar-refractivity contribution is -0.136. The minimum absolute atomic E-state index is 0.0569. The van der Waals surface area contributed by atoms with Crippen LogP contribution in [0.5, 0.6) is 0 Å². The summed E-state index contributed by atoms with van der Waals surface area (Å²) in [6, 6.07) is 6.71. The lowest BCUT2D eigenvalue weighted by Crippen LogP contribution is -2.03. The standard InChI is InChI=1S/C12H15FO2/c1-8(2)12(13)10-5-3-4-9(6-10)7-11(14)15/h3-6,8,12H,7H2,1-2H3,(H,14,15). The molecule has 0 heterocycles. The van der Waals surface area contributed by atoms with Crippen molar-refractivity contribution in [3.05, 3.63) is 35.4 Å². The van der Waals surface area contributed by atoms with Crippen LogP contribution >= 0.6 is 0 Å². The highest BCUT2D eigenvalue weighted by Crippen LogP contribution is 2.26. The summed E-state index contributed by atoms with van der Waals surface area (Å²) in [5, 5.41) is 8.61. The molecular formula is C12H15FO2. The summed E-state index contributed by atoms with van der Waals surface area (Å²) in [4.78, 5) is 10.5. The molecule has 1 N–H and O–H groups in total. The fourth-order valence-electron chi connectivity index (χ4n) is 1.43. The number of hydrogen-bond donors (Lipinski definition) is 1. The predicted octanol–water partition coefficient (Wildman–Crippen LogP) is 2.98. The maximum atomic E-state index is 13.6. The molecule has 0 spiro atoms. The first-order chi connectivity index (χ1) is 7.00. The summed E-state index contributed by atoms with van der Waals surface area (Å²) in [6.45, 7) is 3.60. The zero-order valence-corrected chi connectivity index (χ0v) is 8.90. The van der Waals surface area contributed by atoms with Crippen molar-refractivity contribution in [3.8, 4) is 0 Å². The van der Waals surface area contributed by atoms with E-state index in [4.69, 9.17) is 5.11 Å². The van der Waals surface area contributed by atoms with E-state index in [1.165, 1.54) is 0 Å². The summed E-state index contributed by atoms with van der Waals surface area (Å²) in [7, 11) is 0. The molecule has 2 nitrogen and oxygen atoms in total. The van der Waals surface area contributed by atoms with Gasteiger partial charge in [0.05, 0.1) is 6.42 Å². The molecule has 82 valence electrons. The van der Waals surface area contributed by atoms with Gasteiger partial charge in [0, 0.05) is 0 Å². The van der Waals surface area contributed by atoms with E-state index in [1.54, 1.807) is 38.1 Å². The summed E-state index contributed by atoms with van der Waals surface area (Å²) in [6.07, 6.45) is -1.09. The van der Waals surface area contributed by atoms with Crippen molar-refractivity contribution in [3.63, 3.8) is 0 Å². The van der Waals surface area contributed by atoms with Crippen LogP contribution in [-0.2, 0) is 11.2 Å². The number of alkyl halides is 1. The Morgan fingerprint density at radius 3 is 2.67 bits per heavy atom. The molecule has 0 saturated carbocycles. The maximum absolute atomic E-state index is 13.6. The Bertz CT molecular complexity index is 347. The molecule has 3 heteroatoms. The van der Waals surface area contributed by atoms with Crippen molar-refractivity contribution in [1.29, 1.82) is 0 Å². The van der Waals surface area contributed by atoms with Gasteiger partial charge in [-0.25, -0.2) is 4.39 Å². The maximum Gasteiger partial charge on any atom is 0.307 e. The lowest BCUT2D eigenvalue weighted by atomic mass is 9.98. The fraction of sp³-hybridized carbons (Fsp3) is 0.417. The zero-order valence-electron chi connectivity index (χ0n) is 8.90. The molecule has 15 heavy (non-hydrogen) atoms. The molecule has 0 aromatic heterocycles. The van der Waals surface area contributed by atoms with Crippen LogP contribution in [0.15, 0.2) is 24.3 Å². The smallest absolute Gasteiger partial charge is 0.307 e. The van der Waals surface area contributed by atoms with Crippen LogP contribution in [0.25, 0.3) is 0 Å². The van der Waals surface area contributed by atoms with Crippen LogP contribution in [0.1, 0.15) is 31.1 Å². The largest absolute Gasteiger partial charge is 0.481 e. The number of halogens is 1. The van der Waals surface area contributed by atoms with E-state index in [1.807, 2.05) is 0 Å². The minimum atomic E-state index is -1.03. The quantitative estimate of drug-likeness (QED) is 0.829.